The highest BCUT2D eigenvalue weighted by molar-refractivity contribution is 9.10. The monoisotopic (exact) mass is 375 g/mol. The van der Waals surface area contributed by atoms with E-state index in [9.17, 15) is 0 Å². The van der Waals surface area contributed by atoms with E-state index in [1.165, 1.54) is 5.56 Å². The van der Waals surface area contributed by atoms with Crippen molar-refractivity contribution in [3.05, 3.63) is 88.4 Å². The topological polar surface area (TPSA) is 26.0 Å². The average molecular weight is 376 g/mol. The van der Waals surface area contributed by atoms with Gasteiger partial charge in [0.1, 0.15) is 5.52 Å². The Morgan fingerprint density at radius 2 is 1.54 bits per heavy atom. The van der Waals surface area contributed by atoms with Gasteiger partial charge in [-0.2, -0.15) is 0 Å². The molecule has 0 spiro atoms. The molecule has 0 atom stereocenters. The molecular weight excluding hydrogens is 362 g/mol. The molecule has 0 saturated heterocycles. The van der Waals surface area contributed by atoms with E-state index in [1.54, 1.807) is 0 Å². The number of benzene rings is 3. The molecule has 1 aromatic heterocycles. The molecule has 3 aromatic carbocycles. The van der Waals surface area contributed by atoms with Crippen molar-refractivity contribution in [1.82, 2.24) is 4.98 Å². The molecule has 0 aliphatic heterocycles. The van der Waals surface area contributed by atoms with Crippen LogP contribution in [0.5, 0.6) is 0 Å². The standard InChI is InChI=1S/C21H14BrNO/c22-18-14-16(11-10-15-6-2-1-3-7-15)12-13-17(18)21-23-19-8-4-5-9-20(19)24-21/h1-14H. The van der Waals surface area contributed by atoms with Crippen molar-refractivity contribution < 1.29 is 4.42 Å². The number of rotatable bonds is 3. The van der Waals surface area contributed by atoms with Crippen molar-refractivity contribution in [2.45, 2.75) is 0 Å². The molecule has 4 rings (SSSR count). The van der Waals surface area contributed by atoms with Crippen molar-refractivity contribution in [3.8, 4) is 11.5 Å². The molecule has 0 unspecified atom stereocenters. The number of oxazole rings is 1. The molecule has 24 heavy (non-hydrogen) atoms. The zero-order valence-electron chi connectivity index (χ0n) is 12.8. The lowest BCUT2D eigenvalue weighted by molar-refractivity contribution is 0.619. The van der Waals surface area contributed by atoms with Crippen LogP contribution >= 0.6 is 15.9 Å². The number of halogens is 1. The van der Waals surface area contributed by atoms with Gasteiger partial charge in [-0.1, -0.05) is 60.7 Å². The van der Waals surface area contributed by atoms with Crippen LogP contribution in [-0.2, 0) is 0 Å². The van der Waals surface area contributed by atoms with Gasteiger partial charge in [0.15, 0.2) is 5.58 Å². The van der Waals surface area contributed by atoms with Crippen LogP contribution in [0.3, 0.4) is 0 Å². The van der Waals surface area contributed by atoms with Crippen LogP contribution in [0.25, 0.3) is 34.7 Å². The molecule has 1 heterocycles. The fourth-order valence-electron chi connectivity index (χ4n) is 2.55. The lowest BCUT2D eigenvalue weighted by Crippen LogP contribution is -1.81. The zero-order valence-corrected chi connectivity index (χ0v) is 14.4. The molecular formula is C21H14BrNO. The maximum Gasteiger partial charge on any atom is 0.228 e. The van der Waals surface area contributed by atoms with E-state index in [0.29, 0.717) is 5.89 Å². The van der Waals surface area contributed by atoms with Gasteiger partial charge in [-0.05, 0) is 51.3 Å². The summed E-state index contributed by atoms with van der Waals surface area (Å²) in [6.07, 6.45) is 4.19. The maximum atomic E-state index is 5.84. The molecule has 0 aliphatic rings. The first kappa shape index (κ1) is 14.9. The largest absolute Gasteiger partial charge is 0.436 e. The normalized spacial score (nSPS) is 11.4. The zero-order chi connectivity index (χ0) is 16.4. The van der Waals surface area contributed by atoms with Crippen LogP contribution in [0.1, 0.15) is 11.1 Å². The van der Waals surface area contributed by atoms with Crippen molar-refractivity contribution >= 4 is 39.2 Å². The van der Waals surface area contributed by atoms with E-state index >= 15 is 0 Å². The minimum atomic E-state index is 0.627. The predicted molar refractivity (Wildman–Crippen MR) is 103 cm³/mol. The van der Waals surface area contributed by atoms with Crippen molar-refractivity contribution in [1.29, 1.82) is 0 Å². The van der Waals surface area contributed by atoms with Crippen LogP contribution in [0, 0.1) is 0 Å². The first-order chi connectivity index (χ1) is 11.8. The number of fused-ring (bicyclic) bond motifs is 1. The van der Waals surface area contributed by atoms with Gasteiger partial charge in [0, 0.05) is 4.47 Å². The number of para-hydroxylation sites is 2. The first-order valence-corrected chi connectivity index (χ1v) is 8.47. The Morgan fingerprint density at radius 3 is 2.33 bits per heavy atom. The SMILES string of the molecule is Brc1cc(C=Cc2ccccc2)ccc1-c1nc2ccccc2o1. The van der Waals surface area contributed by atoms with E-state index in [4.69, 9.17) is 4.42 Å². The Labute approximate surface area is 148 Å². The Morgan fingerprint density at radius 1 is 0.792 bits per heavy atom. The third-order valence-electron chi connectivity index (χ3n) is 3.79. The number of hydrogen-bond donors (Lipinski definition) is 0. The molecule has 0 aliphatic carbocycles. The number of aromatic nitrogens is 1. The van der Waals surface area contributed by atoms with E-state index in [0.717, 1.165) is 26.7 Å². The lowest BCUT2D eigenvalue weighted by atomic mass is 10.1. The van der Waals surface area contributed by atoms with Crippen molar-refractivity contribution in [2.24, 2.45) is 0 Å². The van der Waals surface area contributed by atoms with Gasteiger partial charge in [0.25, 0.3) is 0 Å². The quantitative estimate of drug-likeness (QED) is 0.385. The molecule has 0 amide bonds. The summed E-state index contributed by atoms with van der Waals surface area (Å²) in [5.41, 5.74) is 4.91. The summed E-state index contributed by atoms with van der Waals surface area (Å²) in [7, 11) is 0. The van der Waals surface area contributed by atoms with E-state index in [1.807, 2.05) is 48.5 Å². The molecule has 4 aromatic rings. The molecule has 0 radical (unpaired) electrons. The minimum Gasteiger partial charge on any atom is -0.436 e. The van der Waals surface area contributed by atoms with Crippen LogP contribution in [0.15, 0.2) is 81.7 Å². The summed E-state index contributed by atoms with van der Waals surface area (Å²) in [5.74, 6) is 0.627. The Balaban J connectivity index is 1.65. The van der Waals surface area contributed by atoms with Crippen LogP contribution < -0.4 is 0 Å². The Bertz CT molecular complexity index is 985. The molecule has 2 nitrogen and oxygen atoms in total. The molecule has 0 fully saturated rings. The van der Waals surface area contributed by atoms with Gasteiger partial charge in [0.05, 0.1) is 5.56 Å². The molecule has 0 N–H and O–H groups in total. The summed E-state index contributed by atoms with van der Waals surface area (Å²) >= 11 is 3.63. The minimum absolute atomic E-state index is 0.627. The number of nitrogens with zero attached hydrogens (tertiary/aromatic N) is 1. The Hall–Kier alpha value is -2.65. The summed E-state index contributed by atoms with van der Waals surface area (Å²) in [5, 5.41) is 0. The molecule has 116 valence electrons. The van der Waals surface area contributed by atoms with E-state index in [2.05, 4.69) is 57.3 Å². The third kappa shape index (κ3) is 3.03. The highest BCUT2D eigenvalue weighted by atomic mass is 79.9. The predicted octanol–water partition coefficient (Wildman–Crippen LogP) is 6.43. The molecule has 0 bridgehead atoms. The third-order valence-corrected chi connectivity index (χ3v) is 4.44. The second kappa shape index (κ2) is 6.46. The first-order valence-electron chi connectivity index (χ1n) is 7.68. The summed E-state index contributed by atoms with van der Waals surface area (Å²) < 4.78 is 6.81. The maximum absolute atomic E-state index is 5.84. The fraction of sp³-hybridized carbons (Fsp3) is 0. The Kier molecular flexibility index (Phi) is 4.01. The van der Waals surface area contributed by atoms with Crippen molar-refractivity contribution in [3.63, 3.8) is 0 Å². The smallest absolute Gasteiger partial charge is 0.228 e. The summed E-state index contributed by atoms with van der Waals surface area (Å²) in [6, 6.07) is 24.2. The second-order valence-corrected chi connectivity index (χ2v) is 6.32. The number of hydrogen-bond acceptors (Lipinski definition) is 2. The summed E-state index contributed by atoms with van der Waals surface area (Å²) in [4.78, 5) is 4.55. The molecule has 3 heteroatoms. The fourth-order valence-corrected chi connectivity index (χ4v) is 3.12. The van der Waals surface area contributed by atoms with Crippen LogP contribution in [0.4, 0.5) is 0 Å². The van der Waals surface area contributed by atoms with Crippen LogP contribution in [0.2, 0.25) is 0 Å². The van der Waals surface area contributed by atoms with Gasteiger partial charge in [-0.15, -0.1) is 0 Å². The van der Waals surface area contributed by atoms with Gasteiger partial charge in [0.2, 0.25) is 5.89 Å². The highest BCUT2D eigenvalue weighted by Crippen LogP contribution is 2.31. The van der Waals surface area contributed by atoms with Gasteiger partial charge in [-0.3, -0.25) is 0 Å². The van der Waals surface area contributed by atoms with Gasteiger partial charge < -0.3 is 4.42 Å². The second-order valence-electron chi connectivity index (χ2n) is 5.47. The van der Waals surface area contributed by atoms with Gasteiger partial charge in [-0.25, -0.2) is 4.98 Å². The summed E-state index contributed by atoms with van der Waals surface area (Å²) in [6.45, 7) is 0. The van der Waals surface area contributed by atoms with Crippen molar-refractivity contribution in [2.75, 3.05) is 0 Å². The lowest BCUT2D eigenvalue weighted by Gasteiger charge is -2.02. The average Bonchev–Trinajstić information content (AvgIpc) is 3.04. The van der Waals surface area contributed by atoms with Crippen LogP contribution in [-0.4, -0.2) is 4.98 Å². The van der Waals surface area contributed by atoms with E-state index < -0.39 is 0 Å². The van der Waals surface area contributed by atoms with Gasteiger partial charge >= 0.3 is 0 Å². The van der Waals surface area contributed by atoms with E-state index in [-0.39, 0.29) is 0 Å². The molecule has 0 saturated carbocycles. The highest BCUT2D eigenvalue weighted by Gasteiger charge is 2.11.